The lowest BCUT2D eigenvalue weighted by molar-refractivity contribution is 0.0695. The molecule has 1 rings (SSSR count). The van der Waals surface area contributed by atoms with Gasteiger partial charge in [0.25, 0.3) is 0 Å². The van der Waals surface area contributed by atoms with Gasteiger partial charge in [-0.05, 0) is 38.2 Å². The molecule has 0 bridgehead atoms. The monoisotopic (exact) mass is 294 g/mol. The maximum absolute atomic E-state index is 10.9. The van der Waals surface area contributed by atoms with Gasteiger partial charge in [-0.25, -0.2) is 4.79 Å². The highest BCUT2D eigenvalue weighted by Crippen LogP contribution is 2.08. The van der Waals surface area contributed by atoms with Crippen LogP contribution in [0.1, 0.15) is 22.3 Å². The fourth-order valence-corrected chi connectivity index (χ4v) is 1.50. The lowest BCUT2D eigenvalue weighted by atomic mass is 10.1. The van der Waals surface area contributed by atoms with Gasteiger partial charge in [-0.1, -0.05) is 18.2 Å². The van der Waals surface area contributed by atoms with E-state index in [1.54, 1.807) is 12.1 Å². The van der Waals surface area contributed by atoms with Crippen LogP contribution in [-0.2, 0) is 6.54 Å². The van der Waals surface area contributed by atoms with Crippen LogP contribution in [0.5, 0.6) is 0 Å². The molecule has 0 aliphatic carbocycles. The van der Waals surface area contributed by atoms with E-state index in [-0.39, 0.29) is 24.8 Å². The fraction of sp³-hybridized carbons (Fsp3) is 0.417. The number of carboxylic acids is 1. The molecule has 0 unspecified atom stereocenters. The van der Waals surface area contributed by atoms with Crippen LogP contribution in [-0.4, -0.2) is 31.2 Å². The van der Waals surface area contributed by atoms with E-state index in [2.05, 4.69) is 10.6 Å². The summed E-state index contributed by atoms with van der Waals surface area (Å²) in [7, 11) is 1.92. The Bertz CT molecular complexity index is 349. The largest absolute Gasteiger partial charge is 0.478 e. The van der Waals surface area contributed by atoms with E-state index in [4.69, 9.17) is 5.11 Å². The Balaban J connectivity index is 0. The van der Waals surface area contributed by atoms with Crippen molar-refractivity contribution in [2.24, 2.45) is 0 Å². The number of carboxylic acid groups (broad SMARTS) is 1. The predicted molar refractivity (Wildman–Crippen MR) is 78.1 cm³/mol. The Labute approximate surface area is 120 Å². The zero-order chi connectivity index (χ0) is 11.8. The van der Waals surface area contributed by atoms with Crippen molar-refractivity contribution in [1.29, 1.82) is 0 Å². The number of hydrogen-bond acceptors (Lipinski definition) is 3. The molecule has 1 aromatic carbocycles. The van der Waals surface area contributed by atoms with E-state index in [0.29, 0.717) is 12.1 Å². The number of nitrogens with one attached hydrogen (secondary N) is 2. The van der Waals surface area contributed by atoms with Gasteiger partial charge in [0, 0.05) is 6.54 Å². The predicted octanol–water partition coefficient (Wildman–Crippen LogP) is 1.93. The summed E-state index contributed by atoms with van der Waals surface area (Å²) in [6, 6.07) is 7.08. The van der Waals surface area contributed by atoms with Crippen molar-refractivity contribution in [3.05, 3.63) is 35.4 Å². The Morgan fingerprint density at radius 2 is 1.89 bits per heavy atom. The van der Waals surface area contributed by atoms with Gasteiger partial charge in [0.1, 0.15) is 0 Å². The van der Waals surface area contributed by atoms with Gasteiger partial charge < -0.3 is 15.7 Å². The average Bonchev–Trinajstić information content (AvgIpc) is 2.29. The van der Waals surface area contributed by atoms with E-state index in [1.807, 2.05) is 19.2 Å². The Morgan fingerprint density at radius 3 is 2.50 bits per heavy atom. The Morgan fingerprint density at radius 1 is 1.22 bits per heavy atom. The maximum atomic E-state index is 10.9. The zero-order valence-corrected chi connectivity index (χ0v) is 11.9. The first-order chi connectivity index (χ1) is 7.75. The number of benzene rings is 1. The molecule has 3 N–H and O–H groups in total. The summed E-state index contributed by atoms with van der Waals surface area (Å²) in [5, 5.41) is 15.3. The topological polar surface area (TPSA) is 61.4 Å². The van der Waals surface area contributed by atoms with E-state index >= 15 is 0 Å². The molecule has 0 atom stereocenters. The van der Waals surface area contributed by atoms with Gasteiger partial charge in [0.2, 0.25) is 0 Å². The van der Waals surface area contributed by atoms with Crippen LogP contribution in [0.4, 0.5) is 0 Å². The first-order valence-corrected chi connectivity index (χ1v) is 5.42. The highest BCUT2D eigenvalue weighted by atomic mass is 35.5. The Hall–Kier alpha value is -0.810. The van der Waals surface area contributed by atoms with Crippen molar-refractivity contribution < 1.29 is 9.90 Å². The molecule has 104 valence electrons. The average molecular weight is 295 g/mol. The number of halogens is 2. The van der Waals surface area contributed by atoms with Crippen LogP contribution in [0, 0.1) is 0 Å². The van der Waals surface area contributed by atoms with Gasteiger partial charge in [0.05, 0.1) is 5.56 Å². The van der Waals surface area contributed by atoms with Gasteiger partial charge in [-0.2, -0.15) is 0 Å². The third kappa shape index (κ3) is 6.81. The lowest BCUT2D eigenvalue weighted by Crippen LogP contribution is -2.20. The van der Waals surface area contributed by atoms with Crippen molar-refractivity contribution >= 4 is 30.8 Å². The van der Waals surface area contributed by atoms with Crippen molar-refractivity contribution in [1.82, 2.24) is 10.6 Å². The molecule has 0 aliphatic heterocycles. The summed E-state index contributed by atoms with van der Waals surface area (Å²) in [6.45, 7) is 2.45. The molecular formula is C12H20Cl2N2O2. The van der Waals surface area contributed by atoms with Crippen molar-refractivity contribution in [3.8, 4) is 0 Å². The molecule has 0 saturated carbocycles. The second kappa shape index (κ2) is 11.3. The van der Waals surface area contributed by atoms with Crippen LogP contribution in [0.15, 0.2) is 24.3 Å². The summed E-state index contributed by atoms with van der Waals surface area (Å²) in [4.78, 5) is 10.9. The standard InChI is InChI=1S/C12H18N2O2.2ClH/c1-13-7-4-8-14-9-10-5-2-3-6-11(10)12(15)16;;/h2-3,5-6,13-14H,4,7-9H2,1H3,(H,15,16);2*1H. The van der Waals surface area contributed by atoms with Gasteiger partial charge >= 0.3 is 5.97 Å². The molecule has 18 heavy (non-hydrogen) atoms. The van der Waals surface area contributed by atoms with Gasteiger partial charge in [-0.15, -0.1) is 24.8 Å². The molecule has 0 aliphatic rings. The lowest BCUT2D eigenvalue weighted by Gasteiger charge is -2.07. The highest BCUT2D eigenvalue weighted by molar-refractivity contribution is 5.89. The summed E-state index contributed by atoms with van der Waals surface area (Å²) in [5.74, 6) is -0.868. The van der Waals surface area contributed by atoms with E-state index < -0.39 is 5.97 Å². The number of hydrogen-bond donors (Lipinski definition) is 3. The molecule has 4 nitrogen and oxygen atoms in total. The van der Waals surface area contributed by atoms with Crippen molar-refractivity contribution in [2.75, 3.05) is 20.1 Å². The molecule has 0 spiro atoms. The molecule has 0 radical (unpaired) electrons. The normalized spacial score (nSPS) is 9.17. The van der Waals surface area contributed by atoms with Gasteiger partial charge in [0.15, 0.2) is 0 Å². The van der Waals surface area contributed by atoms with Crippen molar-refractivity contribution in [2.45, 2.75) is 13.0 Å². The second-order valence-corrected chi connectivity index (χ2v) is 3.60. The van der Waals surface area contributed by atoms with Gasteiger partial charge in [-0.3, -0.25) is 0 Å². The fourth-order valence-electron chi connectivity index (χ4n) is 1.50. The van der Waals surface area contributed by atoms with E-state index in [0.717, 1.165) is 25.1 Å². The first-order valence-electron chi connectivity index (χ1n) is 5.42. The minimum absolute atomic E-state index is 0. The highest BCUT2D eigenvalue weighted by Gasteiger charge is 2.07. The molecule has 0 aromatic heterocycles. The third-order valence-electron chi connectivity index (χ3n) is 2.34. The minimum atomic E-state index is -0.868. The van der Waals surface area contributed by atoms with E-state index in [1.165, 1.54) is 0 Å². The van der Waals surface area contributed by atoms with Crippen LogP contribution in [0.25, 0.3) is 0 Å². The summed E-state index contributed by atoms with van der Waals surface area (Å²) >= 11 is 0. The first kappa shape index (κ1) is 19.5. The molecule has 6 heteroatoms. The number of rotatable bonds is 7. The molecular weight excluding hydrogens is 275 g/mol. The maximum Gasteiger partial charge on any atom is 0.336 e. The molecule has 0 fully saturated rings. The number of carbonyl (C=O) groups is 1. The van der Waals surface area contributed by atoms with Crippen LogP contribution < -0.4 is 10.6 Å². The minimum Gasteiger partial charge on any atom is -0.478 e. The summed E-state index contributed by atoms with van der Waals surface area (Å²) < 4.78 is 0. The second-order valence-electron chi connectivity index (χ2n) is 3.60. The van der Waals surface area contributed by atoms with E-state index in [9.17, 15) is 4.79 Å². The molecule has 0 saturated heterocycles. The van der Waals surface area contributed by atoms with Crippen molar-refractivity contribution in [3.63, 3.8) is 0 Å². The Kier molecular flexibility index (Phi) is 12.2. The summed E-state index contributed by atoms with van der Waals surface area (Å²) in [5.41, 5.74) is 1.21. The number of aromatic carboxylic acids is 1. The molecule has 0 amide bonds. The summed E-state index contributed by atoms with van der Waals surface area (Å²) in [6.07, 6.45) is 1.03. The van der Waals surface area contributed by atoms with Crippen LogP contribution in [0.3, 0.4) is 0 Å². The third-order valence-corrected chi connectivity index (χ3v) is 2.34. The smallest absolute Gasteiger partial charge is 0.336 e. The molecule has 1 aromatic rings. The van der Waals surface area contributed by atoms with Crippen LogP contribution in [0.2, 0.25) is 0 Å². The quantitative estimate of drug-likeness (QED) is 0.673. The zero-order valence-electron chi connectivity index (χ0n) is 10.3. The van der Waals surface area contributed by atoms with Crippen LogP contribution >= 0.6 is 24.8 Å². The SMILES string of the molecule is CNCCCNCc1ccccc1C(=O)O.Cl.Cl. The molecule has 0 heterocycles.